The Hall–Kier alpha value is -2.41. The van der Waals surface area contributed by atoms with Crippen LogP contribution in [-0.4, -0.2) is 6.21 Å². The summed E-state index contributed by atoms with van der Waals surface area (Å²) in [5.74, 6) is 0. The van der Waals surface area contributed by atoms with E-state index in [1.54, 1.807) is 0 Å². The summed E-state index contributed by atoms with van der Waals surface area (Å²) in [6.07, 6.45) is 1.85. The van der Waals surface area contributed by atoms with E-state index in [4.69, 9.17) is 0 Å². The molecule has 18 heavy (non-hydrogen) atoms. The first kappa shape index (κ1) is 9.60. The summed E-state index contributed by atoms with van der Waals surface area (Å²) in [6.45, 7) is 4.10. The van der Waals surface area contributed by atoms with Crippen molar-refractivity contribution in [3.8, 4) is 0 Å². The topological polar surface area (TPSA) is 12.4 Å². The first-order chi connectivity index (χ1) is 8.84. The number of hydrogen-bond donors (Lipinski definition) is 0. The van der Waals surface area contributed by atoms with Crippen molar-refractivity contribution in [2.24, 2.45) is 4.99 Å². The lowest BCUT2D eigenvalue weighted by atomic mass is 9.94. The van der Waals surface area contributed by atoms with Crippen molar-refractivity contribution in [1.82, 2.24) is 0 Å². The summed E-state index contributed by atoms with van der Waals surface area (Å²) in [5, 5.41) is 5.06. The minimum atomic E-state index is 1.01. The van der Waals surface area contributed by atoms with Gasteiger partial charge in [-0.05, 0) is 33.2 Å². The van der Waals surface area contributed by atoms with E-state index in [0.29, 0.717) is 0 Å². The highest BCUT2D eigenvalue weighted by molar-refractivity contribution is 6.25. The number of allylic oxidation sites excluding steroid dienone is 1. The lowest BCUT2D eigenvalue weighted by molar-refractivity contribution is 1.59. The Morgan fingerprint density at radius 1 is 0.833 bits per heavy atom. The third-order valence-electron chi connectivity index (χ3n) is 3.57. The second-order valence-electron chi connectivity index (χ2n) is 4.63. The number of fused-ring (bicyclic) bond motifs is 5. The third kappa shape index (κ3) is 1.13. The van der Waals surface area contributed by atoms with Gasteiger partial charge in [-0.1, -0.05) is 49.0 Å². The smallest absolute Gasteiger partial charge is 0.0715 e. The second-order valence-corrected chi connectivity index (χ2v) is 4.63. The van der Waals surface area contributed by atoms with Crippen molar-refractivity contribution in [2.75, 3.05) is 0 Å². The fraction of sp³-hybridized carbons (Fsp3) is 0. The van der Waals surface area contributed by atoms with Gasteiger partial charge in [0, 0.05) is 11.8 Å². The minimum absolute atomic E-state index is 1.01. The molecule has 0 unspecified atom stereocenters. The molecule has 0 spiro atoms. The van der Waals surface area contributed by atoms with Gasteiger partial charge in [0.25, 0.3) is 0 Å². The fourth-order valence-electron chi connectivity index (χ4n) is 2.73. The summed E-state index contributed by atoms with van der Waals surface area (Å²) in [6, 6.07) is 17.0. The van der Waals surface area contributed by atoms with Crippen LogP contribution in [0, 0.1) is 0 Å². The zero-order valence-electron chi connectivity index (χ0n) is 9.85. The van der Waals surface area contributed by atoms with Crippen LogP contribution in [0.2, 0.25) is 0 Å². The Morgan fingerprint density at radius 2 is 1.61 bits per heavy atom. The largest absolute Gasteiger partial charge is 0.256 e. The Bertz CT molecular complexity index is 841. The quantitative estimate of drug-likeness (QED) is 0.494. The van der Waals surface area contributed by atoms with Crippen molar-refractivity contribution < 1.29 is 0 Å². The molecule has 0 atom stereocenters. The normalized spacial score (nSPS) is 13.4. The first-order valence-corrected chi connectivity index (χ1v) is 6.02. The lowest BCUT2D eigenvalue weighted by Gasteiger charge is -2.09. The molecule has 0 radical (unpaired) electrons. The molecule has 3 aromatic carbocycles. The average molecular weight is 229 g/mol. The Labute approximate surface area is 105 Å². The Kier molecular flexibility index (Phi) is 1.76. The van der Waals surface area contributed by atoms with Crippen molar-refractivity contribution in [3.63, 3.8) is 0 Å². The van der Waals surface area contributed by atoms with Gasteiger partial charge in [-0.25, -0.2) is 0 Å². The Balaban J connectivity index is 2.31. The van der Waals surface area contributed by atoms with Gasteiger partial charge in [0.1, 0.15) is 0 Å². The predicted octanol–water partition coefficient (Wildman–Crippen LogP) is 4.72. The molecule has 0 saturated heterocycles. The number of aliphatic imine (C=N–C) groups is 1. The average Bonchev–Trinajstić information content (AvgIpc) is 2.80. The maximum absolute atomic E-state index is 4.41. The van der Waals surface area contributed by atoms with E-state index in [1.165, 1.54) is 27.1 Å². The van der Waals surface area contributed by atoms with E-state index in [0.717, 1.165) is 11.3 Å². The second kappa shape index (κ2) is 3.30. The summed E-state index contributed by atoms with van der Waals surface area (Å²) in [7, 11) is 0. The van der Waals surface area contributed by atoms with Crippen LogP contribution in [0.1, 0.15) is 5.56 Å². The summed E-state index contributed by atoms with van der Waals surface area (Å²) in [4.78, 5) is 4.41. The molecular formula is C17H11N. The molecule has 0 amide bonds. The van der Waals surface area contributed by atoms with Crippen molar-refractivity contribution >= 4 is 39.0 Å². The van der Waals surface area contributed by atoms with Crippen LogP contribution in [0.3, 0.4) is 0 Å². The van der Waals surface area contributed by atoms with Crippen LogP contribution < -0.4 is 0 Å². The van der Waals surface area contributed by atoms with Crippen LogP contribution in [-0.2, 0) is 0 Å². The number of benzene rings is 3. The zero-order valence-corrected chi connectivity index (χ0v) is 9.85. The molecule has 4 rings (SSSR count). The van der Waals surface area contributed by atoms with Crippen molar-refractivity contribution in [2.45, 2.75) is 0 Å². The van der Waals surface area contributed by atoms with Gasteiger partial charge in [0.05, 0.1) is 5.69 Å². The summed E-state index contributed by atoms with van der Waals surface area (Å²) >= 11 is 0. The molecular weight excluding hydrogens is 218 g/mol. The molecule has 0 saturated carbocycles. The summed E-state index contributed by atoms with van der Waals surface area (Å²) in [5.41, 5.74) is 3.22. The maximum atomic E-state index is 4.41. The van der Waals surface area contributed by atoms with Crippen LogP contribution in [0.4, 0.5) is 5.69 Å². The van der Waals surface area contributed by atoms with Gasteiger partial charge in [0.15, 0.2) is 0 Å². The molecule has 0 bridgehead atoms. The molecule has 1 nitrogen and oxygen atoms in total. The molecule has 1 aliphatic rings. The van der Waals surface area contributed by atoms with Gasteiger partial charge in [-0.2, -0.15) is 0 Å². The Morgan fingerprint density at radius 3 is 2.56 bits per heavy atom. The van der Waals surface area contributed by atoms with E-state index in [9.17, 15) is 0 Å². The molecule has 84 valence electrons. The molecule has 0 aliphatic carbocycles. The molecule has 0 fully saturated rings. The van der Waals surface area contributed by atoms with Crippen LogP contribution in [0.5, 0.6) is 0 Å². The standard InChI is InChI=1S/C17H11N/c1-11-10-18-15-9-8-13-7-6-12-4-2-3-5-14(12)17(13)16(11)15/h2-10H,1H2. The maximum Gasteiger partial charge on any atom is 0.0715 e. The number of nitrogens with zero attached hydrogens (tertiary/aromatic N) is 1. The van der Waals surface area contributed by atoms with Gasteiger partial charge in [-0.3, -0.25) is 4.99 Å². The van der Waals surface area contributed by atoms with Crippen LogP contribution in [0.25, 0.3) is 27.1 Å². The first-order valence-electron chi connectivity index (χ1n) is 6.02. The van der Waals surface area contributed by atoms with Gasteiger partial charge >= 0.3 is 0 Å². The molecule has 0 N–H and O–H groups in total. The van der Waals surface area contributed by atoms with Gasteiger partial charge in [0.2, 0.25) is 0 Å². The molecule has 1 heteroatoms. The van der Waals surface area contributed by atoms with Gasteiger partial charge < -0.3 is 0 Å². The molecule has 3 aromatic rings. The van der Waals surface area contributed by atoms with Gasteiger partial charge in [-0.15, -0.1) is 0 Å². The molecule has 1 heterocycles. The van der Waals surface area contributed by atoms with E-state index in [2.05, 4.69) is 60.1 Å². The van der Waals surface area contributed by atoms with E-state index < -0.39 is 0 Å². The highest BCUT2D eigenvalue weighted by atomic mass is 14.8. The number of rotatable bonds is 0. The van der Waals surface area contributed by atoms with Crippen molar-refractivity contribution in [3.05, 3.63) is 60.7 Å². The third-order valence-corrected chi connectivity index (χ3v) is 3.57. The SMILES string of the molecule is C=C1C=Nc2ccc3ccc4ccccc4c3c21. The zero-order chi connectivity index (χ0) is 12.1. The minimum Gasteiger partial charge on any atom is -0.256 e. The summed E-state index contributed by atoms with van der Waals surface area (Å²) < 4.78 is 0. The lowest BCUT2D eigenvalue weighted by Crippen LogP contribution is -1.84. The van der Waals surface area contributed by atoms with Crippen LogP contribution >= 0.6 is 0 Å². The monoisotopic (exact) mass is 229 g/mol. The predicted molar refractivity (Wildman–Crippen MR) is 78.6 cm³/mol. The highest BCUT2D eigenvalue weighted by Gasteiger charge is 2.15. The molecule has 1 aliphatic heterocycles. The molecule has 0 aromatic heterocycles. The van der Waals surface area contributed by atoms with E-state index in [1.807, 2.05) is 6.21 Å². The van der Waals surface area contributed by atoms with Crippen LogP contribution in [0.15, 0.2) is 60.1 Å². The van der Waals surface area contributed by atoms with Crippen molar-refractivity contribution in [1.29, 1.82) is 0 Å². The van der Waals surface area contributed by atoms with E-state index >= 15 is 0 Å². The number of hydrogen-bond acceptors (Lipinski definition) is 1. The highest BCUT2D eigenvalue weighted by Crippen LogP contribution is 2.39. The fourth-order valence-corrected chi connectivity index (χ4v) is 2.73. The van der Waals surface area contributed by atoms with E-state index in [-0.39, 0.29) is 0 Å².